The number of nitrogens with one attached hydrogen (secondary N) is 1. The Hall–Kier alpha value is -3.02. The van der Waals surface area contributed by atoms with E-state index >= 15 is 0 Å². The number of ether oxygens (including phenoxy) is 1. The minimum atomic E-state index is -3.77. The van der Waals surface area contributed by atoms with Crippen LogP contribution in [-0.4, -0.2) is 52.6 Å². The topological polar surface area (TPSA) is 165 Å². The largest absolute Gasteiger partial charge is 0.493 e. The van der Waals surface area contributed by atoms with E-state index in [9.17, 15) is 26.9 Å². The van der Waals surface area contributed by atoms with Gasteiger partial charge in [0.2, 0.25) is 19.3 Å². The normalized spacial score (nSPS) is 12.1. The van der Waals surface area contributed by atoms with Crippen LogP contribution >= 0.6 is 11.3 Å². The molecule has 0 spiro atoms. The standard InChI is InChI=1S/C15H14N4O7S3/c1-25-12-7-9(4-5-11(12)26-29(3,23)24)6-10(8-16)13(20)17-14-18-19-15(27-14)28(2,21)22/h4-7H,1-3H3,(H,17,18,20)/b10-6-. The summed E-state index contributed by atoms with van der Waals surface area (Å²) in [4.78, 5) is 12.3. The van der Waals surface area contributed by atoms with Crippen LogP contribution in [0.1, 0.15) is 5.56 Å². The quantitative estimate of drug-likeness (QED) is 0.272. The van der Waals surface area contributed by atoms with Crippen molar-refractivity contribution >= 4 is 48.4 Å². The van der Waals surface area contributed by atoms with Gasteiger partial charge in [-0.25, -0.2) is 8.42 Å². The molecule has 1 N–H and O–H groups in total. The first-order valence-corrected chi connectivity index (χ1v) is 12.0. The molecular weight excluding hydrogens is 444 g/mol. The molecule has 154 valence electrons. The number of carbonyl (C=O) groups excluding carboxylic acids is 1. The number of amides is 1. The number of anilines is 1. The van der Waals surface area contributed by atoms with Gasteiger partial charge in [0, 0.05) is 6.26 Å². The fourth-order valence-electron chi connectivity index (χ4n) is 1.90. The summed E-state index contributed by atoms with van der Waals surface area (Å²) in [6, 6.07) is 5.81. The average Bonchev–Trinajstić information content (AvgIpc) is 3.08. The highest BCUT2D eigenvalue weighted by Gasteiger charge is 2.18. The Balaban J connectivity index is 2.28. The molecule has 0 saturated carbocycles. The van der Waals surface area contributed by atoms with Crippen LogP contribution in [0, 0.1) is 11.3 Å². The molecule has 29 heavy (non-hydrogen) atoms. The highest BCUT2D eigenvalue weighted by atomic mass is 32.2. The Morgan fingerprint density at radius 3 is 2.41 bits per heavy atom. The van der Waals surface area contributed by atoms with Crippen molar-refractivity contribution < 1.29 is 30.6 Å². The molecular formula is C15H14N4O7S3. The number of aromatic nitrogens is 2. The number of sulfone groups is 1. The van der Waals surface area contributed by atoms with Gasteiger partial charge in [-0.2, -0.15) is 13.7 Å². The molecule has 0 radical (unpaired) electrons. The van der Waals surface area contributed by atoms with E-state index < -0.39 is 25.9 Å². The van der Waals surface area contributed by atoms with Crippen molar-refractivity contribution in [1.29, 1.82) is 5.26 Å². The van der Waals surface area contributed by atoms with Crippen molar-refractivity contribution in [2.75, 3.05) is 24.9 Å². The molecule has 11 nitrogen and oxygen atoms in total. The number of methoxy groups -OCH3 is 1. The molecule has 0 aliphatic heterocycles. The van der Waals surface area contributed by atoms with Gasteiger partial charge in [0.1, 0.15) is 11.6 Å². The molecule has 14 heteroatoms. The number of nitriles is 1. The molecule has 0 aliphatic carbocycles. The summed E-state index contributed by atoms with van der Waals surface area (Å²) in [5.41, 5.74) is 0.0310. The van der Waals surface area contributed by atoms with Gasteiger partial charge in [0.25, 0.3) is 5.91 Å². The lowest BCUT2D eigenvalue weighted by Crippen LogP contribution is -2.13. The predicted molar refractivity (Wildman–Crippen MR) is 104 cm³/mol. The second-order valence-corrected chi connectivity index (χ2v) is 10.2. The molecule has 0 fully saturated rings. The van der Waals surface area contributed by atoms with Crippen LogP contribution in [0.2, 0.25) is 0 Å². The Morgan fingerprint density at radius 2 is 1.90 bits per heavy atom. The second kappa shape index (κ2) is 8.55. The molecule has 0 bridgehead atoms. The van der Waals surface area contributed by atoms with Crippen molar-refractivity contribution in [2.24, 2.45) is 0 Å². The van der Waals surface area contributed by atoms with Crippen molar-refractivity contribution in [2.45, 2.75) is 4.34 Å². The van der Waals surface area contributed by atoms with E-state index in [4.69, 9.17) is 8.92 Å². The summed E-state index contributed by atoms with van der Waals surface area (Å²) in [6.45, 7) is 0. The zero-order valence-electron chi connectivity index (χ0n) is 15.2. The minimum absolute atomic E-state index is 0.0581. The van der Waals surface area contributed by atoms with Crippen LogP contribution in [0.25, 0.3) is 6.08 Å². The van der Waals surface area contributed by atoms with Crippen LogP contribution in [0.3, 0.4) is 0 Å². The van der Waals surface area contributed by atoms with Gasteiger partial charge < -0.3 is 8.92 Å². The molecule has 0 saturated heterocycles. The Kier molecular flexibility index (Phi) is 6.57. The summed E-state index contributed by atoms with van der Waals surface area (Å²) < 4.78 is 54.9. The van der Waals surface area contributed by atoms with Crippen LogP contribution < -0.4 is 14.2 Å². The Morgan fingerprint density at radius 1 is 1.21 bits per heavy atom. The molecule has 1 heterocycles. The lowest BCUT2D eigenvalue weighted by Gasteiger charge is -2.09. The molecule has 1 amide bonds. The van der Waals surface area contributed by atoms with E-state index in [1.807, 2.05) is 0 Å². The summed E-state index contributed by atoms with van der Waals surface area (Å²) in [5, 5.41) is 18.5. The lowest BCUT2D eigenvalue weighted by atomic mass is 10.1. The Bertz CT molecular complexity index is 1220. The van der Waals surface area contributed by atoms with Gasteiger partial charge in [0.05, 0.1) is 13.4 Å². The van der Waals surface area contributed by atoms with Gasteiger partial charge in [-0.1, -0.05) is 17.4 Å². The minimum Gasteiger partial charge on any atom is -0.493 e. The van der Waals surface area contributed by atoms with E-state index in [-0.39, 0.29) is 26.5 Å². The van der Waals surface area contributed by atoms with Gasteiger partial charge in [0.15, 0.2) is 11.5 Å². The van der Waals surface area contributed by atoms with E-state index in [0.717, 1.165) is 12.5 Å². The maximum absolute atomic E-state index is 12.3. The number of hydrogen-bond acceptors (Lipinski definition) is 11. The van der Waals surface area contributed by atoms with Gasteiger partial charge in [-0.3, -0.25) is 10.1 Å². The van der Waals surface area contributed by atoms with Crippen molar-refractivity contribution in [1.82, 2.24) is 10.2 Å². The first-order chi connectivity index (χ1) is 13.4. The first-order valence-electron chi connectivity index (χ1n) is 7.47. The third-order valence-corrected chi connectivity index (χ3v) is 6.04. The number of rotatable bonds is 7. The summed E-state index contributed by atoms with van der Waals surface area (Å²) in [5.74, 6) is -0.819. The maximum atomic E-state index is 12.3. The number of hydrogen-bond donors (Lipinski definition) is 1. The van der Waals surface area contributed by atoms with Gasteiger partial charge >= 0.3 is 10.1 Å². The fraction of sp³-hybridized carbons (Fsp3) is 0.200. The van der Waals surface area contributed by atoms with E-state index in [2.05, 4.69) is 15.5 Å². The number of carbonyl (C=O) groups is 1. The molecule has 0 atom stereocenters. The zero-order chi connectivity index (χ0) is 21.8. The summed E-state index contributed by atoms with van der Waals surface area (Å²) in [7, 11) is -6.05. The molecule has 2 aromatic rings. The fourth-order valence-corrected chi connectivity index (χ4v) is 3.86. The highest BCUT2D eigenvalue weighted by molar-refractivity contribution is 7.92. The second-order valence-electron chi connectivity index (χ2n) is 5.47. The Labute approximate surface area is 170 Å². The third-order valence-electron chi connectivity index (χ3n) is 3.05. The van der Waals surface area contributed by atoms with Crippen LogP contribution in [0.15, 0.2) is 28.1 Å². The van der Waals surface area contributed by atoms with Crippen LogP contribution in [0.5, 0.6) is 11.5 Å². The summed E-state index contributed by atoms with van der Waals surface area (Å²) in [6.07, 6.45) is 3.05. The molecule has 1 aromatic heterocycles. The molecule has 2 rings (SSSR count). The lowest BCUT2D eigenvalue weighted by molar-refractivity contribution is -0.112. The SMILES string of the molecule is COc1cc(/C=C(/C#N)C(=O)Nc2nnc(S(C)(=O)=O)s2)ccc1OS(C)(=O)=O. The highest BCUT2D eigenvalue weighted by Crippen LogP contribution is 2.30. The maximum Gasteiger partial charge on any atom is 0.306 e. The van der Waals surface area contributed by atoms with Crippen molar-refractivity contribution in [3.63, 3.8) is 0 Å². The monoisotopic (exact) mass is 458 g/mol. The average molecular weight is 458 g/mol. The zero-order valence-corrected chi connectivity index (χ0v) is 17.7. The number of nitrogens with zero attached hydrogens (tertiary/aromatic N) is 3. The van der Waals surface area contributed by atoms with Crippen LogP contribution in [0.4, 0.5) is 5.13 Å². The van der Waals surface area contributed by atoms with E-state index in [0.29, 0.717) is 16.9 Å². The first kappa shape index (κ1) is 22.3. The van der Waals surface area contributed by atoms with Crippen molar-refractivity contribution in [3.05, 3.63) is 29.3 Å². The van der Waals surface area contributed by atoms with Gasteiger partial charge in [-0.15, -0.1) is 10.2 Å². The van der Waals surface area contributed by atoms with E-state index in [1.165, 1.54) is 31.4 Å². The summed E-state index contributed by atoms with van der Waals surface area (Å²) >= 11 is 0.643. The third kappa shape index (κ3) is 6.24. The molecule has 0 unspecified atom stereocenters. The number of benzene rings is 1. The van der Waals surface area contributed by atoms with Gasteiger partial charge in [-0.05, 0) is 23.8 Å². The molecule has 0 aliphatic rings. The smallest absolute Gasteiger partial charge is 0.306 e. The predicted octanol–water partition coefficient (Wildman–Crippen LogP) is 0.834. The van der Waals surface area contributed by atoms with Crippen LogP contribution in [-0.2, 0) is 24.7 Å². The van der Waals surface area contributed by atoms with E-state index in [1.54, 1.807) is 6.07 Å². The molecule has 1 aromatic carbocycles. The van der Waals surface area contributed by atoms with Crippen molar-refractivity contribution in [3.8, 4) is 17.6 Å².